The third kappa shape index (κ3) is 3.49. The third-order valence-corrected chi connectivity index (χ3v) is 5.80. The van der Waals surface area contributed by atoms with E-state index >= 15 is 0 Å². The fourth-order valence-corrected chi connectivity index (χ4v) is 4.22. The molecule has 0 radical (unpaired) electrons. The molecule has 0 saturated heterocycles. The zero-order valence-corrected chi connectivity index (χ0v) is 18.2. The Kier molecular flexibility index (Phi) is 5.14. The minimum atomic E-state index is -0.303. The SMILES string of the molecule is C=CC(=O)NC1Cn2c(c(-c3ccc(C(=O)Nc4ccccn4)cc3)c3c(N)ncnc32)C1=C. The molecule has 4 N–H and O–H groups in total. The molecule has 9 heteroatoms. The van der Waals surface area contributed by atoms with Crippen molar-refractivity contribution in [1.82, 2.24) is 24.8 Å². The highest BCUT2D eigenvalue weighted by atomic mass is 16.2. The van der Waals surface area contributed by atoms with E-state index in [1.54, 1.807) is 36.5 Å². The molecule has 9 nitrogen and oxygen atoms in total. The number of benzene rings is 1. The molecule has 3 aromatic heterocycles. The number of nitrogens with two attached hydrogens (primary N) is 1. The van der Waals surface area contributed by atoms with Crippen LogP contribution in [0, 0.1) is 0 Å². The van der Waals surface area contributed by atoms with Gasteiger partial charge in [-0.2, -0.15) is 0 Å². The Hall–Kier alpha value is -4.79. The molecular formula is C25H21N7O2. The lowest BCUT2D eigenvalue weighted by molar-refractivity contribution is -0.116. The summed E-state index contributed by atoms with van der Waals surface area (Å²) in [7, 11) is 0. The van der Waals surface area contributed by atoms with E-state index in [0.29, 0.717) is 34.8 Å². The molecule has 5 rings (SSSR count). The van der Waals surface area contributed by atoms with Crippen LogP contribution in [0.1, 0.15) is 16.1 Å². The number of hydrogen-bond donors (Lipinski definition) is 3. The van der Waals surface area contributed by atoms with Crippen LogP contribution in [-0.4, -0.2) is 37.4 Å². The number of carbonyl (C=O) groups excluding carboxylic acids is 2. The molecule has 0 saturated carbocycles. The lowest BCUT2D eigenvalue weighted by Crippen LogP contribution is -2.33. The van der Waals surface area contributed by atoms with Gasteiger partial charge >= 0.3 is 0 Å². The van der Waals surface area contributed by atoms with E-state index in [2.05, 4.69) is 38.7 Å². The van der Waals surface area contributed by atoms with E-state index in [9.17, 15) is 9.59 Å². The fourth-order valence-electron chi connectivity index (χ4n) is 4.22. The molecule has 0 bridgehead atoms. The average molecular weight is 451 g/mol. The van der Waals surface area contributed by atoms with Gasteiger partial charge in [-0.3, -0.25) is 9.59 Å². The smallest absolute Gasteiger partial charge is 0.256 e. The largest absolute Gasteiger partial charge is 0.383 e. The Morgan fingerprint density at radius 3 is 2.62 bits per heavy atom. The number of rotatable bonds is 5. The number of fused-ring (bicyclic) bond motifs is 3. The number of nitrogens with one attached hydrogen (secondary N) is 2. The quantitative estimate of drug-likeness (QED) is 0.400. The Bertz CT molecular complexity index is 1460. The zero-order chi connectivity index (χ0) is 23.8. The van der Waals surface area contributed by atoms with Gasteiger partial charge in [-0.05, 0) is 41.5 Å². The maximum atomic E-state index is 12.6. The normalized spacial score (nSPS) is 14.6. The predicted molar refractivity (Wildman–Crippen MR) is 131 cm³/mol. The van der Waals surface area contributed by atoms with Crippen molar-refractivity contribution in [3.05, 3.63) is 85.5 Å². The maximum absolute atomic E-state index is 12.6. The number of anilines is 2. The first-order valence-electron chi connectivity index (χ1n) is 10.6. The van der Waals surface area contributed by atoms with Gasteiger partial charge < -0.3 is 20.9 Å². The van der Waals surface area contributed by atoms with Crippen LogP contribution in [0.4, 0.5) is 11.6 Å². The highest BCUT2D eigenvalue weighted by molar-refractivity contribution is 6.08. The van der Waals surface area contributed by atoms with E-state index in [1.165, 1.54) is 12.4 Å². The van der Waals surface area contributed by atoms with Crippen molar-refractivity contribution in [3.8, 4) is 11.1 Å². The van der Waals surface area contributed by atoms with E-state index < -0.39 is 0 Å². The van der Waals surface area contributed by atoms with Gasteiger partial charge in [0.05, 0.1) is 17.1 Å². The van der Waals surface area contributed by atoms with Crippen molar-refractivity contribution in [1.29, 1.82) is 0 Å². The standard InChI is InChI=1S/C25H21N7O2/c1-3-19(33)30-17-12-32-22(14(17)2)20(21-23(26)28-13-29-24(21)32)15-7-9-16(10-8-15)25(34)31-18-6-4-5-11-27-18/h3-11,13,17H,1-2,12H2,(H,30,33)(H2,26,28,29)(H,27,31,34). The molecule has 0 spiro atoms. The van der Waals surface area contributed by atoms with Crippen LogP contribution in [0.3, 0.4) is 0 Å². The van der Waals surface area contributed by atoms with Gasteiger partial charge in [0.25, 0.3) is 5.91 Å². The summed E-state index contributed by atoms with van der Waals surface area (Å²) in [6.07, 6.45) is 4.26. The second-order valence-electron chi connectivity index (χ2n) is 7.83. The number of carbonyl (C=O) groups is 2. The Morgan fingerprint density at radius 1 is 1.12 bits per heavy atom. The van der Waals surface area contributed by atoms with Crippen molar-refractivity contribution in [2.24, 2.45) is 0 Å². The van der Waals surface area contributed by atoms with E-state index in [-0.39, 0.29) is 17.9 Å². The second-order valence-corrected chi connectivity index (χ2v) is 7.83. The van der Waals surface area contributed by atoms with Gasteiger partial charge in [-0.15, -0.1) is 0 Å². The summed E-state index contributed by atoms with van der Waals surface area (Å²) in [6.45, 7) is 8.22. The topological polar surface area (TPSA) is 128 Å². The highest BCUT2D eigenvalue weighted by Crippen LogP contribution is 2.43. The van der Waals surface area contributed by atoms with E-state index in [1.807, 2.05) is 16.7 Å². The van der Waals surface area contributed by atoms with Crippen molar-refractivity contribution in [2.45, 2.75) is 12.6 Å². The van der Waals surface area contributed by atoms with Crippen LogP contribution in [0.25, 0.3) is 27.7 Å². The van der Waals surface area contributed by atoms with Crippen LogP contribution >= 0.6 is 0 Å². The molecule has 2 amide bonds. The number of pyridine rings is 1. The molecule has 0 aliphatic carbocycles. The van der Waals surface area contributed by atoms with Crippen LogP contribution in [0.15, 0.2) is 74.2 Å². The molecule has 34 heavy (non-hydrogen) atoms. The average Bonchev–Trinajstić information content (AvgIpc) is 3.35. The molecule has 1 aliphatic rings. The molecule has 1 aliphatic heterocycles. The summed E-state index contributed by atoms with van der Waals surface area (Å²) in [4.78, 5) is 37.3. The van der Waals surface area contributed by atoms with Crippen molar-refractivity contribution >= 4 is 40.1 Å². The summed E-state index contributed by atoms with van der Waals surface area (Å²) in [5, 5.41) is 6.38. The van der Waals surface area contributed by atoms with Crippen molar-refractivity contribution in [3.63, 3.8) is 0 Å². The summed E-state index contributed by atoms with van der Waals surface area (Å²) < 4.78 is 1.99. The van der Waals surface area contributed by atoms with Gasteiger partial charge in [0.2, 0.25) is 5.91 Å². The molecule has 1 aromatic carbocycles. The number of amides is 2. The first kappa shape index (κ1) is 21.1. The minimum Gasteiger partial charge on any atom is -0.383 e. The van der Waals surface area contributed by atoms with Gasteiger partial charge in [0.1, 0.15) is 23.6 Å². The second kappa shape index (κ2) is 8.28. The van der Waals surface area contributed by atoms with Crippen molar-refractivity contribution < 1.29 is 9.59 Å². The summed E-state index contributed by atoms with van der Waals surface area (Å²) in [5.41, 5.74) is 10.6. The van der Waals surface area contributed by atoms with E-state index in [4.69, 9.17) is 5.73 Å². The molecule has 168 valence electrons. The Morgan fingerprint density at radius 2 is 1.91 bits per heavy atom. The number of aromatic nitrogens is 4. The van der Waals surface area contributed by atoms with Crippen molar-refractivity contribution in [2.75, 3.05) is 11.1 Å². The van der Waals surface area contributed by atoms with Gasteiger partial charge in [-0.1, -0.05) is 31.4 Å². The summed E-state index contributed by atoms with van der Waals surface area (Å²) in [5.74, 6) is 0.275. The molecule has 4 heterocycles. The molecule has 1 atom stereocenters. The van der Waals surface area contributed by atoms with Crippen LogP contribution in [0.2, 0.25) is 0 Å². The monoisotopic (exact) mass is 451 g/mol. The molecular weight excluding hydrogens is 430 g/mol. The Labute approximate surface area is 195 Å². The molecule has 1 unspecified atom stereocenters. The maximum Gasteiger partial charge on any atom is 0.256 e. The van der Waals surface area contributed by atoms with Gasteiger partial charge in [-0.25, -0.2) is 15.0 Å². The third-order valence-electron chi connectivity index (χ3n) is 5.80. The first-order valence-corrected chi connectivity index (χ1v) is 10.6. The van der Waals surface area contributed by atoms with E-state index in [0.717, 1.165) is 22.4 Å². The van der Waals surface area contributed by atoms with Crippen LogP contribution in [-0.2, 0) is 11.3 Å². The minimum absolute atomic E-state index is 0.267. The number of hydrogen-bond acceptors (Lipinski definition) is 6. The zero-order valence-electron chi connectivity index (χ0n) is 18.2. The first-order chi connectivity index (χ1) is 16.5. The lowest BCUT2D eigenvalue weighted by Gasteiger charge is -2.13. The fraction of sp³-hybridized carbons (Fsp3) is 0.0800. The number of nitrogen functional groups attached to an aromatic ring is 1. The van der Waals surface area contributed by atoms with Crippen LogP contribution < -0.4 is 16.4 Å². The Balaban J connectivity index is 1.54. The van der Waals surface area contributed by atoms with Crippen LogP contribution in [0.5, 0.6) is 0 Å². The summed E-state index contributed by atoms with van der Waals surface area (Å²) in [6, 6.07) is 12.2. The van der Waals surface area contributed by atoms with Gasteiger partial charge in [0.15, 0.2) is 0 Å². The summed E-state index contributed by atoms with van der Waals surface area (Å²) >= 11 is 0. The molecule has 4 aromatic rings. The van der Waals surface area contributed by atoms with Gasteiger partial charge in [0, 0.05) is 23.9 Å². The predicted octanol–water partition coefficient (Wildman–Crippen LogP) is 3.03. The number of nitrogens with zero attached hydrogens (tertiary/aromatic N) is 4. The highest BCUT2D eigenvalue weighted by Gasteiger charge is 2.33. The lowest BCUT2D eigenvalue weighted by atomic mass is 9.97. The molecule has 0 fully saturated rings.